The SMILES string of the molecule is C=C=C1CCC2C3C[C@H](Cl)C4=CC(=O)CC[C@]4(C)C3CC[C@]12C. The number of ketones is 1. The highest BCUT2D eigenvalue weighted by molar-refractivity contribution is 6.23. The molecule has 6 atom stereocenters. The van der Waals surface area contributed by atoms with Crippen molar-refractivity contribution in [2.45, 2.75) is 64.2 Å². The van der Waals surface area contributed by atoms with Crippen molar-refractivity contribution in [3.8, 4) is 0 Å². The molecule has 3 saturated carbocycles. The van der Waals surface area contributed by atoms with Gasteiger partial charge >= 0.3 is 0 Å². The van der Waals surface area contributed by atoms with Gasteiger partial charge in [-0.25, -0.2) is 0 Å². The van der Waals surface area contributed by atoms with Crippen LogP contribution in [0.2, 0.25) is 0 Å². The topological polar surface area (TPSA) is 17.1 Å². The van der Waals surface area contributed by atoms with E-state index in [4.69, 9.17) is 11.6 Å². The third-order valence-corrected chi connectivity index (χ3v) is 8.35. The predicted octanol–water partition coefficient (Wildman–Crippen LogP) is 5.45. The molecule has 3 fully saturated rings. The molecule has 124 valence electrons. The summed E-state index contributed by atoms with van der Waals surface area (Å²) in [6, 6.07) is 0. The highest BCUT2D eigenvalue weighted by Gasteiger charge is 2.59. The van der Waals surface area contributed by atoms with Gasteiger partial charge in [0.1, 0.15) is 0 Å². The standard InChI is InChI=1S/C21H27ClO/c1-4-13-5-6-16-15-12-19(22)18-11-14(23)7-9-21(18,3)17(15)8-10-20(13,16)2/h11,15-17,19H,1,5-10,12H2,2-3H3/t15?,16?,17?,19-,20+,21+/m0/s1. The molecule has 0 amide bonds. The summed E-state index contributed by atoms with van der Waals surface area (Å²) in [5.41, 5.74) is 6.40. The first kappa shape index (κ1) is 15.7. The monoisotopic (exact) mass is 330 g/mol. The zero-order chi connectivity index (χ0) is 16.4. The molecule has 0 saturated heterocycles. The molecule has 0 aromatic rings. The van der Waals surface area contributed by atoms with Crippen molar-refractivity contribution in [2.75, 3.05) is 0 Å². The van der Waals surface area contributed by atoms with E-state index in [-0.39, 0.29) is 16.6 Å². The van der Waals surface area contributed by atoms with Crippen molar-refractivity contribution in [1.82, 2.24) is 0 Å². The normalized spacial score (nSPS) is 48.9. The molecule has 0 aliphatic heterocycles. The lowest BCUT2D eigenvalue weighted by Gasteiger charge is -2.58. The first-order chi connectivity index (χ1) is 10.9. The fourth-order valence-corrected chi connectivity index (χ4v) is 7.18. The molecule has 0 spiro atoms. The van der Waals surface area contributed by atoms with Crippen LogP contribution in [0, 0.1) is 28.6 Å². The molecule has 4 rings (SSSR count). The number of carbonyl (C=O) groups excluding carboxylic acids is 1. The number of allylic oxidation sites excluding steroid dienone is 2. The fourth-order valence-electron chi connectivity index (χ4n) is 6.66. The third-order valence-electron chi connectivity index (χ3n) is 7.94. The fraction of sp³-hybridized carbons (Fsp3) is 0.714. The lowest BCUT2D eigenvalue weighted by atomic mass is 9.47. The molecule has 3 unspecified atom stereocenters. The summed E-state index contributed by atoms with van der Waals surface area (Å²) >= 11 is 6.82. The van der Waals surface area contributed by atoms with E-state index in [0.29, 0.717) is 23.7 Å². The Hall–Kier alpha value is -0.780. The van der Waals surface area contributed by atoms with Crippen molar-refractivity contribution in [3.05, 3.63) is 29.5 Å². The maximum atomic E-state index is 11.9. The highest BCUT2D eigenvalue weighted by Crippen LogP contribution is 2.66. The van der Waals surface area contributed by atoms with Gasteiger partial charge in [-0.15, -0.1) is 17.3 Å². The van der Waals surface area contributed by atoms with E-state index in [1.54, 1.807) is 0 Å². The van der Waals surface area contributed by atoms with Gasteiger partial charge in [0.05, 0.1) is 5.38 Å². The van der Waals surface area contributed by atoms with Crippen molar-refractivity contribution < 1.29 is 4.79 Å². The van der Waals surface area contributed by atoms with Crippen LogP contribution in [0.25, 0.3) is 0 Å². The molecular weight excluding hydrogens is 304 g/mol. The van der Waals surface area contributed by atoms with Gasteiger partial charge in [0.25, 0.3) is 0 Å². The molecular formula is C21H27ClO. The van der Waals surface area contributed by atoms with Gasteiger partial charge < -0.3 is 0 Å². The van der Waals surface area contributed by atoms with Crippen LogP contribution in [0.5, 0.6) is 0 Å². The summed E-state index contributed by atoms with van der Waals surface area (Å²) in [7, 11) is 0. The predicted molar refractivity (Wildman–Crippen MR) is 94.4 cm³/mol. The Kier molecular flexibility index (Phi) is 3.49. The van der Waals surface area contributed by atoms with E-state index in [1.165, 1.54) is 36.8 Å². The van der Waals surface area contributed by atoms with E-state index in [2.05, 4.69) is 26.2 Å². The second kappa shape index (κ2) is 5.11. The summed E-state index contributed by atoms with van der Waals surface area (Å²) in [5.74, 6) is 2.39. The van der Waals surface area contributed by atoms with Crippen LogP contribution < -0.4 is 0 Å². The van der Waals surface area contributed by atoms with Gasteiger partial charge in [-0.1, -0.05) is 20.4 Å². The number of hydrogen-bond acceptors (Lipinski definition) is 1. The van der Waals surface area contributed by atoms with Gasteiger partial charge in [0.2, 0.25) is 0 Å². The summed E-state index contributed by atoms with van der Waals surface area (Å²) in [6.45, 7) is 8.78. The summed E-state index contributed by atoms with van der Waals surface area (Å²) in [4.78, 5) is 11.9. The minimum absolute atomic E-state index is 0.0459. The van der Waals surface area contributed by atoms with Crippen LogP contribution in [0.4, 0.5) is 0 Å². The van der Waals surface area contributed by atoms with Gasteiger partial charge in [-0.05, 0) is 84.3 Å². The molecule has 0 N–H and O–H groups in total. The maximum Gasteiger partial charge on any atom is 0.155 e. The van der Waals surface area contributed by atoms with Gasteiger partial charge in [0, 0.05) is 6.42 Å². The van der Waals surface area contributed by atoms with E-state index < -0.39 is 0 Å². The average molecular weight is 331 g/mol. The Morgan fingerprint density at radius 3 is 2.65 bits per heavy atom. The largest absolute Gasteiger partial charge is 0.295 e. The number of carbonyl (C=O) groups is 1. The average Bonchev–Trinajstić information content (AvgIpc) is 2.86. The Balaban J connectivity index is 1.75. The van der Waals surface area contributed by atoms with Crippen molar-refractivity contribution in [2.24, 2.45) is 28.6 Å². The lowest BCUT2D eigenvalue weighted by Crippen LogP contribution is -2.52. The van der Waals surface area contributed by atoms with Gasteiger partial charge in [-0.3, -0.25) is 4.79 Å². The molecule has 0 radical (unpaired) electrons. The maximum absolute atomic E-state index is 11.9. The quantitative estimate of drug-likeness (QED) is 0.426. The third kappa shape index (κ3) is 2.02. The lowest BCUT2D eigenvalue weighted by molar-refractivity contribution is -0.117. The molecule has 4 aliphatic rings. The van der Waals surface area contributed by atoms with Crippen LogP contribution in [0.3, 0.4) is 0 Å². The second-order valence-electron chi connectivity index (χ2n) is 8.71. The van der Waals surface area contributed by atoms with Crippen LogP contribution in [-0.4, -0.2) is 11.2 Å². The van der Waals surface area contributed by atoms with Gasteiger partial charge in [-0.2, -0.15) is 0 Å². The number of rotatable bonds is 0. The molecule has 0 bridgehead atoms. The van der Waals surface area contributed by atoms with E-state index >= 15 is 0 Å². The van der Waals surface area contributed by atoms with Crippen LogP contribution in [0.15, 0.2) is 29.5 Å². The van der Waals surface area contributed by atoms with Crippen LogP contribution in [0.1, 0.15) is 58.8 Å². The number of hydrogen-bond donors (Lipinski definition) is 0. The molecule has 23 heavy (non-hydrogen) atoms. The number of halogens is 1. The number of alkyl halides is 1. The molecule has 0 heterocycles. The van der Waals surface area contributed by atoms with Crippen LogP contribution in [-0.2, 0) is 4.79 Å². The zero-order valence-corrected chi connectivity index (χ0v) is 15.1. The zero-order valence-electron chi connectivity index (χ0n) is 14.3. The molecule has 0 aromatic carbocycles. The smallest absolute Gasteiger partial charge is 0.155 e. The first-order valence-electron chi connectivity index (χ1n) is 9.18. The van der Waals surface area contributed by atoms with Crippen molar-refractivity contribution >= 4 is 17.4 Å². The van der Waals surface area contributed by atoms with E-state index in [0.717, 1.165) is 18.8 Å². The summed E-state index contributed by atoms with van der Waals surface area (Å²) < 4.78 is 0. The Morgan fingerprint density at radius 2 is 1.91 bits per heavy atom. The first-order valence-corrected chi connectivity index (χ1v) is 9.62. The van der Waals surface area contributed by atoms with E-state index in [1.807, 2.05) is 6.08 Å². The second-order valence-corrected chi connectivity index (χ2v) is 9.24. The molecule has 1 nitrogen and oxygen atoms in total. The Bertz CT molecular complexity index is 640. The molecule has 2 heteroatoms. The minimum atomic E-state index is 0.0459. The Labute approximate surface area is 144 Å². The molecule has 4 aliphatic carbocycles. The van der Waals surface area contributed by atoms with Crippen molar-refractivity contribution in [1.29, 1.82) is 0 Å². The minimum Gasteiger partial charge on any atom is -0.295 e. The van der Waals surface area contributed by atoms with Gasteiger partial charge in [0.15, 0.2) is 5.78 Å². The summed E-state index contributed by atoms with van der Waals surface area (Å²) in [5, 5.41) is 0.0459. The van der Waals surface area contributed by atoms with Crippen LogP contribution >= 0.6 is 11.6 Å². The highest BCUT2D eigenvalue weighted by atomic mass is 35.5. The molecule has 0 aromatic heterocycles. The van der Waals surface area contributed by atoms with Crippen molar-refractivity contribution in [3.63, 3.8) is 0 Å². The number of fused-ring (bicyclic) bond motifs is 5. The Morgan fingerprint density at radius 1 is 1.17 bits per heavy atom. The van der Waals surface area contributed by atoms with E-state index in [9.17, 15) is 4.79 Å². The summed E-state index contributed by atoms with van der Waals surface area (Å²) in [6.07, 6.45) is 9.59.